The Balaban J connectivity index is 1.39. The van der Waals surface area contributed by atoms with Gasteiger partial charge in [0.2, 0.25) is 0 Å². The molecule has 0 radical (unpaired) electrons. The lowest BCUT2D eigenvalue weighted by Gasteiger charge is -2.21. The van der Waals surface area contributed by atoms with Crippen molar-refractivity contribution < 1.29 is 0 Å². The minimum atomic E-state index is 0.541. The second-order valence-electron chi connectivity index (χ2n) is 15.0. The van der Waals surface area contributed by atoms with Crippen LogP contribution in [0.3, 0.4) is 0 Å². The highest BCUT2D eigenvalue weighted by atomic mass is 15.0. The number of fused-ring (bicyclic) bond motifs is 6. The third kappa shape index (κ3) is 5.42. The first-order chi connectivity index (χ1) is 27.9. The monoisotopic (exact) mass is 728 g/mol. The SMILES string of the molecule is Cc1cc(C#N)cc(-c2c(-n3c4ccccc4c4ccc(-c5ccccc5C)cc43)cc(C#N)cc2-n2c3ccccc3c3ccc(-c4ccccc4C)cc32)c1. The highest BCUT2D eigenvalue weighted by Gasteiger charge is 2.24. The molecule has 2 heterocycles. The quantitative estimate of drug-likeness (QED) is 0.177. The molecule has 8 aromatic carbocycles. The molecule has 10 rings (SSSR count). The van der Waals surface area contributed by atoms with E-state index in [0.717, 1.165) is 82.8 Å². The zero-order valence-corrected chi connectivity index (χ0v) is 31.9. The van der Waals surface area contributed by atoms with Gasteiger partial charge in [0, 0.05) is 27.1 Å². The van der Waals surface area contributed by atoms with Crippen LogP contribution < -0.4 is 0 Å². The highest BCUT2D eigenvalue weighted by molar-refractivity contribution is 6.13. The molecule has 0 amide bonds. The van der Waals surface area contributed by atoms with Crippen LogP contribution in [0.1, 0.15) is 27.8 Å². The van der Waals surface area contributed by atoms with Crippen LogP contribution in [0.15, 0.2) is 164 Å². The van der Waals surface area contributed by atoms with Gasteiger partial charge in [0.05, 0.1) is 56.7 Å². The van der Waals surface area contributed by atoms with Crippen LogP contribution >= 0.6 is 0 Å². The van der Waals surface area contributed by atoms with Crippen molar-refractivity contribution in [2.45, 2.75) is 20.8 Å². The van der Waals surface area contributed by atoms with Crippen molar-refractivity contribution in [1.29, 1.82) is 10.5 Å². The van der Waals surface area contributed by atoms with Gasteiger partial charge in [-0.3, -0.25) is 0 Å². The summed E-state index contributed by atoms with van der Waals surface area (Å²) >= 11 is 0. The maximum absolute atomic E-state index is 10.9. The third-order valence-corrected chi connectivity index (χ3v) is 11.5. The van der Waals surface area contributed by atoms with Gasteiger partial charge < -0.3 is 9.13 Å². The van der Waals surface area contributed by atoms with Gasteiger partial charge in [0.15, 0.2) is 0 Å². The van der Waals surface area contributed by atoms with Gasteiger partial charge in [-0.1, -0.05) is 115 Å². The lowest BCUT2D eigenvalue weighted by atomic mass is 9.95. The Kier molecular flexibility index (Phi) is 7.89. The molecular weight excluding hydrogens is 693 g/mol. The summed E-state index contributed by atoms with van der Waals surface area (Å²) in [5, 5.41) is 25.7. The molecule has 0 fully saturated rings. The Morgan fingerprint density at radius 2 is 0.825 bits per heavy atom. The van der Waals surface area contributed by atoms with Crippen molar-refractivity contribution in [1.82, 2.24) is 9.13 Å². The summed E-state index contributed by atoms with van der Waals surface area (Å²) in [5.74, 6) is 0. The van der Waals surface area contributed by atoms with Gasteiger partial charge in [-0.15, -0.1) is 0 Å². The van der Waals surface area contributed by atoms with Crippen molar-refractivity contribution in [3.05, 3.63) is 192 Å². The van der Waals surface area contributed by atoms with E-state index in [4.69, 9.17) is 0 Å². The second kappa shape index (κ2) is 13.3. The van der Waals surface area contributed by atoms with E-state index in [1.54, 1.807) is 0 Å². The number of aromatic nitrogens is 2. The number of benzene rings is 8. The third-order valence-electron chi connectivity index (χ3n) is 11.5. The fourth-order valence-electron chi connectivity index (χ4n) is 8.91. The fourth-order valence-corrected chi connectivity index (χ4v) is 8.91. The first-order valence-electron chi connectivity index (χ1n) is 19.2. The molecule has 0 bridgehead atoms. The van der Waals surface area contributed by atoms with Crippen LogP contribution in [0.5, 0.6) is 0 Å². The van der Waals surface area contributed by atoms with Crippen LogP contribution in [0.25, 0.3) is 88.4 Å². The normalized spacial score (nSPS) is 11.4. The molecule has 4 heteroatoms. The Bertz CT molecular complexity index is 3180. The summed E-state index contributed by atoms with van der Waals surface area (Å²) in [6.07, 6.45) is 0. The summed E-state index contributed by atoms with van der Waals surface area (Å²) in [5.41, 5.74) is 16.8. The first kappa shape index (κ1) is 33.9. The van der Waals surface area contributed by atoms with Gasteiger partial charge >= 0.3 is 0 Å². The van der Waals surface area contributed by atoms with Gasteiger partial charge in [-0.05, 0) is 114 Å². The predicted molar refractivity (Wildman–Crippen MR) is 235 cm³/mol. The minimum Gasteiger partial charge on any atom is -0.308 e. The molecule has 4 nitrogen and oxygen atoms in total. The van der Waals surface area contributed by atoms with E-state index in [9.17, 15) is 10.5 Å². The van der Waals surface area contributed by atoms with Gasteiger partial charge in [0.25, 0.3) is 0 Å². The molecule has 0 aliphatic heterocycles. The fraction of sp³-hybridized carbons (Fsp3) is 0.0566. The zero-order valence-electron chi connectivity index (χ0n) is 31.9. The average molecular weight is 729 g/mol. The van der Waals surface area contributed by atoms with Crippen LogP contribution in [0, 0.1) is 43.4 Å². The molecule has 268 valence electrons. The molecule has 0 N–H and O–H groups in total. The summed E-state index contributed by atoms with van der Waals surface area (Å²) in [6.45, 7) is 6.34. The van der Waals surface area contributed by atoms with Crippen LogP contribution in [-0.4, -0.2) is 9.13 Å². The second-order valence-corrected chi connectivity index (χ2v) is 15.0. The molecule has 0 unspecified atom stereocenters. The summed E-state index contributed by atoms with van der Waals surface area (Å²) in [6, 6.07) is 62.5. The standard InChI is InChI=1S/C53H36N4/c1-33-24-36(31-54)26-40(25-33)53-51(56-47-18-10-8-16-43(47)45-22-20-38(29-49(45)56)41-14-6-4-12-34(41)2)27-37(32-55)28-52(53)57-48-19-11-9-17-44(48)46-23-21-39(30-50(46)57)42-15-7-5-13-35(42)3/h4-30H,1-3H3. The maximum atomic E-state index is 10.9. The number of hydrogen-bond donors (Lipinski definition) is 0. The van der Waals surface area contributed by atoms with Crippen LogP contribution in [0.2, 0.25) is 0 Å². The van der Waals surface area contributed by atoms with Crippen LogP contribution in [0.4, 0.5) is 0 Å². The number of para-hydroxylation sites is 2. The highest BCUT2D eigenvalue weighted by Crippen LogP contribution is 2.44. The number of hydrogen-bond acceptors (Lipinski definition) is 2. The predicted octanol–water partition coefficient (Wildman–Crippen LogP) is 13.6. The molecule has 57 heavy (non-hydrogen) atoms. The number of nitriles is 2. The van der Waals surface area contributed by atoms with Crippen molar-refractivity contribution in [2.75, 3.05) is 0 Å². The summed E-state index contributed by atoms with van der Waals surface area (Å²) in [7, 11) is 0. The van der Waals surface area contributed by atoms with E-state index in [2.05, 4.69) is 175 Å². The largest absolute Gasteiger partial charge is 0.308 e. The summed E-state index contributed by atoms with van der Waals surface area (Å²) in [4.78, 5) is 0. The molecule has 0 aliphatic rings. The Morgan fingerprint density at radius 3 is 1.32 bits per heavy atom. The molecule has 0 atom stereocenters. The zero-order chi connectivity index (χ0) is 38.8. The van der Waals surface area contributed by atoms with Crippen LogP contribution in [-0.2, 0) is 0 Å². The van der Waals surface area contributed by atoms with E-state index in [1.165, 1.54) is 22.3 Å². The number of rotatable bonds is 5. The topological polar surface area (TPSA) is 57.4 Å². The van der Waals surface area contributed by atoms with Gasteiger partial charge in [-0.25, -0.2) is 0 Å². The van der Waals surface area contributed by atoms with E-state index >= 15 is 0 Å². The Labute approximate surface area is 331 Å². The number of nitrogens with zero attached hydrogens (tertiary/aromatic N) is 4. The van der Waals surface area contributed by atoms with E-state index in [-0.39, 0.29) is 0 Å². The molecular formula is C53H36N4. The smallest absolute Gasteiger partial charge is 0.0993 e. The molecule has 2 aromatic heterocycles. The van der Waals surface area contributed by atoms with E-state index in [1.807, 2.05) is 31.2 Å². The van der Waals surface area contributed by atoms with Crippen molar-refractivity contribution >= 4 is 43.6 Å². The summed E-state index contributed by atoms with van der Waals surface area (Å²) < 4.78 is 4.65. The van der Waals surface area contributed by atoms with E-state index < -0.39 is 0 Å². The van der Waals surface area contributed by atoms with E-state index in [0.29, 0.717) is 11.1 Å². The Morgan fingerprint density at radius 1 is 0.386 bits per heavy atom. The van der Waals surface area contributed by atoms with Gasteiger partial charge in [0.1, 0.15) is 0 Å². The lowest BCUT2D eigenvalue weighted by Crippen LogP contribution is -2.05. The average Bonchev–Trinajstić information content (AvgIpc) is 3.75. The lowest BCUT2D eigenvalue weighted by molar-refractivity contribution is 1.13. The van der Waals surface area contributed by atoms with Gasteiger partial charge in [-0.2, -0.15) is 10.5 Å². The number of aryl methyl sites for hydroxylation is 3. The van der Waals surface area contributed by atoms with Crippen molar-refractivity contribution in [3.63, 3.8) is 0 Å². The minimum absolute atomic E-state index is 0.541. The molecule has 10 aromatic rings. The van der Waals surface area contributed by atoms with Crippen molar-refractivity contribution in [3.8, 4) is 56.9 Å². The van der Waals surface area contributed by atoms with Crippen molar-refractivity contribution in [2.24, 2.45) is 0 Å². The Hall–Kier alpha value is -7.66. The maximum Gasteiger partial charge on any atom is 0.0993 e. The molecule has 0 aliphatic carbocycles. The first-order valence-corrected chi connectivity index (χ1v) is 19.2. The molecule has 0 saturated heterocycles. The molecule has 0 saturated carbocycles. The molecule has 0 spiro atoms.